The number of hydrogen-bond donors (Lipinski definition) is 0. The Balaban J connectivity index is 1.84. The molecule has 4 rings (SSSR count). The highest BCUT2D eigenvalue weighted by molar-refractivity contribution is 5.94. The molecule has 0 aliphatic carbocycles. The maximum atomic E-state index is 13.3. The van der Waals surface area contributed by atoms with Crippen molar-refractivity contribution in [1.29, 1.82) is 0 Å². The molecule has 0 radical (unpaired) electrons. The Morgan fingerprint density at radius 2 is 1.55 bits per heavy atom. The average molecular weight is 290 g/mol. The zero-order chi connectivity index (χ0) is 14.9. The predicted molar refractivity (Wildman–Crippen MR) is 82.6 cm³/mol. The first-order valence-corrected chi connectivity index (χ1v) is 6.89. The summed E-state index contributed by atoms with van der Waals surface area (Å²) in [5.41, 5.74) is 1.44. The van der Waals surface area contributed by atoms with Gasteiger partial charge in [0.15, 0.2) is 0 Å². The molecule has 3 nitrogen and oxygen atoms in total. The van der Waals surface area contributed by atoms with Gasteiger partial charge in [-0.3, -0.25) is 0 Å². The van der Waals surface area contributed by atoms with E-state index < -0.39 is 0 Å². The second-order valence-electron chi connectivity index (χ2n) is 4.95. The fourth-order valence-corrected chi connectivity index (χ4v) is 2.48. The van der Waals surface area contributed by atoms with Gasteiger partial charge in [-0.05, 0) is 35.0 Å². The van der Waals surface area contributed by atoms with Crippen molar-refractivity contribution < 1.29 is 8.81 Å². The van der Waals surface area contributed by atoms with Crippen molar-refractivity contribution in [1.82, 2.24) is 10.2 Å². The Labute approximate surface area is 126 Å². The number of rotatable bonds is 2. The summed E-state index contributed by atoms with van der Waals surface area (Å²) in [4.78, 5) is 0. The van der Waals surface area contributed by atoms with Crippen molar-refractivity contribution >= 4 is 10.8 Å². The monoisotopic (exact) mass is 290 g/mol. The number of hydrogen-bond acceptors (Lipinski definition) is 3. The van der Waals surface area contributed by atoms with Gasteiger partial charge in [0.25, 0.3) is 0 Å². The molecule has 0 saturated carbocycles. The minimum Gasteiger partial charge on any atom is -0.416 e. The van der Waals surface area contributed by atoms with Crippen molar-refractivity contribution in [3.8, 4) is 22.9 Å². The molecule has 0 fully saturated rings. The summed E-state index contributed by atoms with van der Waals surface area (Å²) >= 11 is 0. The number of nitrogens with zero attached hydrogens (tertiary/aromatic N) is 2. The molecule has 22 heavy (non-hydrogen) atoms. The number of benzene rings is 3. The van der Waals surface area contributed by atoms with Crippen LogP contribution in [0.1, 0.15) is 0 Å². The number of fused-ring (bicyclic) bond motifs is 1. The second kappa shape index (κ2) is 5.07. The van der Waals surface area contributed by atoms with E-state index in [-0.39, 0.29) is 5.82 Å². The third kappa shape index (κ3) is 2.15. The number of halogens is 1. The zero-order valence-corrected chi connectivity index (χ0v) is 11.5. The molecule has 0 aliphatic rings. The molecule has 0 saturated heterocycles. The summed E-state index contributed by atoms with van der Waals surface area (Å²) in [5, 5.41) is 10.3. The lowest BCUT2D eigenvalue weighted by Crippen LogP contribution is -1.81. The molecular formula is C18H11FN2O. The van der Waals surface area contributed by atoms with Crippen LogP contribution < -0.4 is 0 Å². The summed E-state index contributed by atoms with van der Waals surface area (Å²) in [5.74, 6) is 0.404. The third-order valence-corrected chi connectivity index (χ3v) is 3.52. The van der Waals surface area contributed by atoms with Crippen LogP contribution in [0.15, 0.2) is 71.1 Å². The fraction of sp³-hybridized carbons (Fsp3) is 0. The molecule has 0 spiro atoms. The van der Waals surface area contributed by atoms with Crippen LogP contribution in [0.2, 0.25) is 0 Å². The smallest absolute Gasteiger partial charge is 0.248 e. The maximum absolute atomic E-state index is 13.3. The van der Waals surface area contributed by atoms with Gasteiger partial charge >= 0.3 is 0 Å². The summed E-state index contributed by atoms with van der Waals surface area (Å²) in [7, 11) is 0. The molecule has 0 N–H and O–H groups in total. The lowest BCUT2D eigenvalue weighted by molar-refractivity contribution is 0.582. The van der Waals surface area contributed by atoms with Gasteiger partial charge in [0, 0.05) is 11.1 Å². The highest BCUT2D eigenvalue weighted by Gasteiger charge is 2.13. The van der Waals surface area contributed by atoms with Gasteiger partial charge in [0.2, 0.25) is 11.8 Å². The van der Waals surface area contributed by atoms with Gasteiger partial charge in [0.1, 0.15) is 5.82 Å². The highest BCUT2D eigenvalue weighted by atomic mass is 19.1. The van der Waals surface area contributed by atoms with E-state index in [1.54, 1.807) is 12.1 Å². The quantitative estimate of drug-likeness (QED) is 0.537. The normalized spacial score (nSPS) is 11.0. The Morgan fingerprint density at radius 1 is 0.773 bits per heavy atom. The minimum absolute atomic E-state index is 0.308. The van der Waals surface area contributed by atoms with Gasteiger partial charge in [-0.1, -0.05) is 42.5 Å². The first-order chi connectivity index (χ1) is 10.8. The Hall–Kier alpha value is -3.01. The standard InChI is InChI=1S/C18H11FN2O/c19-14-8-3-7-13(11-14)17-20-21-18(22-17)16-10-4-6-12-5-1-2-9-15(12)16/h1-11H. The third-order valence-electron chi connectivity index (χ3n) is 3.52. The SMILES string of the molecule is Fc1cccc(-c2nnc(-c3cccc4ccccc34)o2)c1. The van der Waals surface area contributed by atoms with Gasteiger partial charge in [-0.15, -0.1) is 10.2 Å². The molecule has 106 valence electrons. The van der Waals surface area contributed by atoms with Gasteiger partial charge in [0.05, 0.1) is 0 Å². The van der Waals surface area contributed by atoms with Gasteiger partial charge < -0.3 is 4.42 Å². The fourth-order valence-electron chi connectivity index (χ4n) is 2.48. The van der Waals surface area contributed by atoms with E-state index in [2.05, 4.69) is 10.2 Å². The number of aromatic nitrogens is 2. The van der Waals surface area contributed by atoms with E-state index in [1.807, 2.05) is 42.5 Å². The van der Waals surface area contributed by atoms with Crippen molar-refractivity contribution in [2.75, 3.05) is 0 Å². The average Bonchev–Trinajstić information content (AvgIpc) is 3.04. The minimum atomic E-state index is -0.331. The molecule has 0 unspecified atom stereocenters. The van der Waals surface area contributed by atoms with Crippen LogP contribution in [0.25, 0.3) is 33.7 Å². The largest absolute Gasteiger partial charge is 0.416 e. The van der Waals surface area contributed by atoms with Crippen LogP contribution in [0.3, 0.4) is 0 Å². The Morgan fingerprint density at radius 3 is 2.45 bits per heavy atom. The molecule has 0 aliphatic heterocycles. The van der Waals surface area contributed by atoms with E-state index in [0.717, 1.165) is 16.3 Å². The van der Waals surface area contributed by atoms with Crippen molar-refractivity contribution in [3.05, 3.63) is 72.5 Å². The maximum Gasteiger partial charge on any atom is 0.248 e. The lowest BCUT2D eigenvalue weighted by Gasteiger charge is -2.01. The molecular weight excluding hydrogens is 279 g/mol. The Bertz CT molecular complexity index is 957. The highest BCUT2D eigenvalue weighted by Crippen LogP contribution is 2.29. The van der Waals surface area contributed by atoms with E-state index in [0.29, 0.717) is 17.3 Å². The van der Waals surface area contributed by atoms with Gasteiger partial charge in [-0.2, -0.15) is 0 Å². The van der Waals surface area contributed by atoms with E-state index >= 15 is 0 Å². The van der Waals surface area contributed by atoms with Crippen LogP contribution in [-0.2, 0) is 0 Å². The van der Waals surface area contributed by atoms with Crippen molar-refractivity contribution in [2.45, 2.75) is 0 Å². The molecule has 1 aromatic heterocycles. The molecule has 1 heterocycles. The second-order valence-corrected chi connectivity index (χ2v) is 4.95. The summed E-state index contributed by atoms with van der Waals surface area (Å²) in [6.07, 6.45) is 0. The van der Waals surface area contributed by atoms with E-state index in [9.17, 15) is 4.39 Å². The summed E-state index contributed by atoms with van der Waals surface area (Å²) in [6.45, 7) is 0. The van der Waals surface area contributed by atoms with Crippen LogP contribution >= 0.6 is 0 Å². The van der Waals surface area contributed by atoms with E-state index in [4.69, 9.17) is 4.42 Å². The summed E-state index contributed by atoms with van der Waals surface area (Å²) in [6, 6.07) is 20.0. The first kappa shape index (κ1) is 12.7. The van der Waals surface area contributed by atoms with Crippen LogP contribution in [0.4, 0.5) is 4.39 Å². The Kier molecular flexibility index (Phi) is 2.93. The molecule has 4 aromatic rings. The molecule has 0 atom stereocenters. The summed E-state index contributed by atoms with van der Waals surface area (Å²) < 4.78 is 19.0. The molecule has 3 aromatic carbocycles. The van der Waals surface area contributed by atoms with Crippen LogP contribution in [-0.4, -0.2) is 10.2 Å². The lowest BCUT2D eigenvalue weighted by atomic mass is 10.0. The van der Waals surface area contributed by atoms with Crippen LogP contribution in [0.5, 0.6) is 0 Å². The van der Waals surface area contributed by atoms with Crippen molar-refractivity contribution in [2.24, 2.45) is 0 Å². The van der Waals surface area contributed by atoms with Gasteiger partial charge in [-0.25, -0.2) is 4.39 Å². The molecule has 0 amide bonds. The van der Waals surface area contributed by atoms with Crippen LogP contribution in [0, 0.1) is 5.82 Å². The zero-order valence-electron chi connectivity index (χ0n) is 11.5. The predicted octanol–water partition coefficient (Wildman–Crippen LogP) is 4.70. The van der Waals surface area contributed by atoms with E-state index in [1.165, 1.54) is 12.1 Å². The van der Waals surface area contributed by atoms with Crippen molar-refractivity contribution in [3.63, 3.8) is 0 Å². The molecule has 0 bridgehead atoms. The first-order valence-electron chi connectivity index (χ1n) is 6.89. The topological polar surface area (TPSA) is 38.9 Å². The molecule has 4 heteroatoms.